The van der Waals surface area contributed by atoms with E-state index in [2.05, 4.69) is 22.4 Å². The monoisotopic (exact) mass is 202 g/mol. The average Bonchev–Trinajstić information content (AvgIpc) is 2.89. The molecule has 0 saturated heterocycles. The van der Waals surface area contributed by atoms with Crippen molar-refractivity contribution in [3.8, 4) is 0 Å². The van der Waals surface area contributed by atoms with Crippen LogP contribution in [0.15, 0.2) is 24.4 Å². The molecule has 2 bridgehead atoms. The lowest BCUT2D eigenvalue weighted by atomic mass is 9.95. The van der Waals surface area contributed by atoms with E-state index in [9.17, 15) is 0 Å². The van der Waals surface area contributed by atoms with E-state index in [-0.39, 0.29) is 0 Å². The van der Waals surface area contributed by atoms with Gasteiger partial charge < -0.3 is 5.32 Å². The SMILES string of the molecule is c1ccc(CN[C@@H]2C[C@H]3CC[C@@H]2C3)nc1. The van der Waals surface area contributed by atoms with Gasteiger partial charge in [-0.05, 0) is 43.2 Å². The molecular weight excluding hydrogens is 184 g/mol. The molecule has 0 amide bonds. The van der Waals surface area contributed by atoms with Gasteiger partial charge >= 0.3 is 0 Å². The highest BCUT2D eigenvalue weighted by atomic mass is 14.9. The molecular formula is C13H18N2. The van der Waals surface area contributed by atoms with Crippen LogP contribution in [0.5, 0.6) is 0 Å². The van der Waals surface area contributed by atoms with Crippen molar-refractivity contribution in [1.29, 1.82) is 0 Å². The highest BCUT2D eigenvalue weighted by molar-refractivity contribution is 5.04. The number of rotatable bonds is 3. The van der Waals surface area contributed by atoms with E-state index in [0.717, 1.165) is 24.4 Å². The first-order valence-electron chi connectivity index (χ1n) is 6.05. The molecule has 0 aromatic carbocycles. The number of nitrogens with zero attached hydrogens (tertiary/aromatic N) is 1. The fraction of sp³-hybridized carbons (Fsp3) is 0.615. The Hall–Kier alpha value is -0.890. The minimum Gasteiger partial charge on any atom is -0.308 e. The summed E-state index contributed by atoms with van der Waals surface area (Å²) in [7, 11) is 0. The molecule has 15 heavy (non-hydrogen) atoms. The molecule has 0 radical (unpaired) electrons. The van der Waals surface area contributed by atoms with Crippen molar-refractivity contribution in [2.24, 2.45) is 11.8 Å². The van der Waals surface area contributed by atoms with Crippen molar-refractivity contribution in [3.05, 3.63) is 30.1 Å². The second-order valence-electron chi connectivity index (χ2n) is 4.98. The van der Waals surface area contributed by atoms with Gasteiger partial charge in [-0.3, -0.25) is 4.98 Å². The first-order chi connectivity index (χ1) is 7.42. The molecule has 0 aliphatic heterocycles. The minimum atomic E-state index is 0.769. The second kappa shape index (κ2) is 3.93. The fourth-order valence-electron chi connectivity index (χ4n) is 3.23. The number of nitrogens with one attached hydrogen (secondary N) is 1. The molecule has 2 aliphatic carbocycles. The van der Waals surface area contributed by atoms with E-state index in [1.807, 2.05) is 12.3 Å². The Bertz CT molecular complexity index is 323. The Labute approximate surface area is 91.1 Å². The van der Waals surface area contributed by atoms with Gasteiger partial charge in [0.1, 0.15) is 0 Å². The Kier molecular flexibility index (Phi) is 2.45. The predicted molar refractivity (Wildman–Crippen MR) is 60.3 cm³/mol. The van der Waals surface area contributed by atoms with Gasteiger partial charge in [-0.25, -0.2) is 0 Å². The van der Waals surface area contributed by atoms with E-state index < -0.39 is 0 Å². The quantitative estimate of drug-likeness (QED) is 0.814. The Balaban J connectivity index is 1.55. The van der Waals surface area contributed by atoms with Gasteiger partial charge in [0.2, 0.25) is 0 Å². The molecule has 2 heteroatoms. The maximum atomic E-state index is 4.34. The summed E-state index contributed by atoms with van der Waals surface area (Å²) in [6.07, 6.45) is 7.67. The summed E-state index contributed by atoms with van der Waals surface area (Å²) in [5.41, 5.74) is 1.17. The molecule has 2 nitrogen and oxygen atoms in total. The summed E-state index contributed by atoms with van der Waals surface area (Å²) in [6.45, 7) is 0.939. The maximum absolute atomic E-state index is 4.34. The number of hydrogen-bond acceptors (Lipinski definition) is 2. The summed E-state index contributed by atoms with van der Waals surface area (Å²) < 4.78 is 0. The maximum Gasteiger partial charge on any atom is 0.0541 e. The number of aromatic nitrogens is 1. The van der Waals surface area contributed by atoms with Gasteiger partial charge in [-0.1, -0.05) is 12.5 Å². The molecule has 2 fully saturated rings. The smallest absolute Gasteiger partial charge is 0.0541 e. The lowest BCUT2D eigenvalue weighted by molar-refractivity contribution is 0.349. The zero-order chi connectivity index (χ0) is 10.1. The van der Waals surface area contributed by atoms with Gasteiger partial charge in [0, 0.05) is 18.8 Å². The van der Waals surface area contributed by atoms with Crippen LogP contribution in [-0.4, -0.2) is 11.0 Å². The van der Waals surface area contributed by atoms with Crippen molar-refractivity contribution in [1.82, 2.24) is 10.3 Å². The van der Waals surface area contributed by atoms with E-state index in [1.54, 1.807) is 0 Å². The zero-order valence-corrected chi connectivity index (χ0v) is 9.02. The van der Waals surface area contributed by atoms with Crippen LogP contribution in [0.1, 0.15) is 31.4 Å². The van der Waals surface area contributed by atoms with Crippen molar-refractivity contribution in [2.45, 2.75) is 38.3 Å². The second-order valence-corrected chi connectivity index (χ2v) is 4.98. The van der Waals surface area contributed by atoms with Crippen LogP contribution >= 0.6 is 0 Å². The van der Waals surface area contributed by atoms with Gasteiger partial charge in [0.15, 0.2) is 0 Å². The number of fused-ring (bicyclic) bond motifs is 2. The van der Waals surface area contributed by atoms with Crippen molar-refractivity contribution >= 4 is 0 Å². The van der Waals surface area contributed by atoms with E-state index in [0.29, 0.717) is 0 Å². The highest BCUT2D eigenvalue weighted by Gasteiger charge is 2.38. The van der Waals surface area contributed by atoms with Crippen molar-refractivity contribution in [2.75, 3.05) is 0 Å². The van der Waals surface area contributed by atoms with Crippen LogP contribution < -0.4 is 5.32 Å². The summed E-state index contributed by atoms with van der Waals surface area (Å²) in [4.78, 5) is 4.34. The van der Waals surface area contributed by atoms with Crippen LogP contribution in [0.4, 0.5) is 0 Å². The zero-order valence-electron chi connectivity index (χ0n) is 9.02. The third-order valence-electron chi connectivity index (χ3n) is 4.01. The third kappa shape index (κ3) is 1.91. The van der Waals surface area contributed by atoms with Crippen LogP contribution in [0.2, 0.25) is 0 Å². The molecule has 3 rings (SSSR count). The van der Waals surface area contributed by atoms with E-state index >= 15 is 0 Å². The van der Waals surface area contributed by atoms with Gasteiger partial charge in [0.25, 0.3) is 0 Å². The molecule has 1 aromatic heterocycles. The lowest BCUT2D eigenvalue weighted by Gasteiger charge is -2.22. The first-order valence-corrected chi connectivity index (χ1v) is 6.05. The Morgan fingerprint density at radius 3 is 2.93 bits per heavy atom. The molecule has 80 valence electrons. The van der Waals surface area contributed by atoms with Crippen molar-refractivity contribution in [3.63, 3.8) is 0 Å². The predicted octanol–water partition coefficient (Wildman–Crippen LogP) is 2.36. The summed E-state index contributed by atoms with van der Waals surface area (Å²) in [5, 5.41) is 3.67. The topological polar surface area (TPSA) is 24.9 Å². The Morgan fingerprint density at radius 1 is 1.27 bits per heavy atom. The summed E-state index contributed by atoms with van der Waals surface area (Å²) in [6, 6.07) is 6.90. The summed E-state index contributed by atoms with van der Waals surface area (Å²) in [5.74, 6) is 1.98. The van der Waals surface area contributed by atoms with Gasteiger partial charge in [-0.15, -0.1) is 0 Å². The Morgan fingerprint density at radius 2 is 2.27 bits per heavy atom. The molecule has 1 N–H and O–H groups in total. The molecule has 2 aliphatic rings. The van der Waals surface area contributed by atoms with Crippen molar-refractivity contribution < 1.29 is 0 Å². The molecule has 1 aromatic rings. The molecule has 1 heterocycles. The first kappa shape index (κ1) is 9.34. The minimum absolute atomic E-state index is 0.769. The highest BCUT2D eigenvalue weighted by Crippen LogP contribution is 2.44. The van der Waals surface area contributed by atoms with Crippen LogP contribution in [0.3, 0.4) is 0 Å². The largest absolute Gasteiger partial charge is 0.308 e. The lowest BCUT2D eigenvalue weighted by Crippen LogP contribution is -2.33. The normalized spacial score (nSPS) is 33.5. The van der Waals surface area contributed by atoms with Crippen LogP contribution in [0.25, 0.3) is 0 Å². The molecule has 3 atom stereocenters. The molecule has 2 saturated carbocycles. The standard InChI is InChI=1S/C13H18N2/c1-2-6-14-12(3-1)9-15-13-8-10-4-5-11(13)7-10/h1-3,6,10-11,13,15H,4-5,7-9H2/t10-,11+,13+/m0/s1. The summed E-state index contributed by atoms with van der Waals surface area (Å²) >= 11 is 0. The number of pyridine rings is 1. The van der Waals surface area contributed by atoms with E-state index in [1.165, 1.54) is 31.4 Å². The number of hydrogen-bond donors (Lipinski definition) is 1. The van der Waals surface area contributed by atoms with Gasteiger partial charge in [-0.2, -0.15) is 0 Å². The van der Waals surface area contributed by atoms with E-state index in [4.69, 9.17) is 0 Å². The fourth-order valence-corrected chi connectivity index (χ4v) is 3.23. The third-order valence-corrected chi connectivity index (χ3v) is 4.01. The molecule has 0 unspecified atom stereocenters. The van der Waals surface area contributed by atoms with Crippen LogP contribution in [-0.2, 0) is 6.54 Å². The molecule has 0 spiro atoms. The van der Waals surface area contributed by atoms with Crippen LogP contribution in [0, 0.1) is 11.8 Å². The average molecular weight is 202 g/mol. The van der Waals surface area contributed by atoms with Gasteiger partial charge in [0.05, 0.1) is 5.69 Å².